The van der Waals surface area contributed by atoms with Crippen LogP contribution in [0.15, 0.2) is 30.3 Å². The molecule has 8 heteroatoms. The first-order valence-electron chi connectivity index (χ1n) is 9.19. The van der Waals surface area contributed by atoms with Crippen molar-refractivity contribution in [3.63, 3.8) is 0 Å². The molecule has 7 nitrogen and oxygen atoms in total. The number of carbonyl (C=O) groups excluding carboxylic acids is 2. The predicted molar refractivity (Wildman–Crippen MR) is 106 cm³/mol. The van der Waals surface area contributed by atoms with E-state index in [0.717, 1.165) is 35.4 Å². The highest BCUT2D eigenvalue weighted by Crippen LogP contribution is 2.11. The van der Waals surface area contributed by atoms with Gasteiger partial charge in [-0.25, -0.2) is 8.42 Å². The molecule has 0 heterocycles. The van der Waals surface area contributed by atoms with Crippen molar-refractivity contribution in [2.24, 2.45) is 0 Å². The van der Waals surface area contributed by atoms with Crippen molar-refractivity contribution >= 4 is 21.8 Å². The van der Waals surface area contributed by atoms with Gasteiger partial charge in [-0.1, -0.05) is 50.1 Å². The van der Waals surface area contributed by atoms with Crippen molar-refractivity contribution in [2.45, 2.75) is 45.7 Å². The van der Waals surface area contributed by atoms with Gasteiger partial charge in [0.2, 0.25) is 21.8 Å². The van der Waals surface area contributed by atoms with E-state index in [1.807, 2.05) is 30.3 Å². The van der Waals surface area contributed by atoms with Crippen LogP contribution in [0.5, 0.6) is 0 Å². The lowest BCUT2D eigenvalue weighted by Crippen LogP contribution is -2.50. The summed E-state index contributed by atoms with van der Waals surface area (Å²) in [5, 5.41) is 2.86. The largest absolute Gasteiger partial charge is 0.354 e. The third-order valence-electron chi connectivity index (χ3n) is 4.37. The SMILES string of the molecule is CCCCCNC(=O)[C@@H](C)N(Cc1ccccc1)C(=O)CN(C)S(C)(=O)=O. The van der Waals surface area contributed by atoms with Gasteiger partial charge in [-0.05, 0) is 18.9 Å². The Morgan fingerprint density at radius 1 is 1.15 bits per heavy atom. The zero-order chi connectivity index (χ0) is 20.4. The number of carbonyl (C=O) groups is 2. The number of rotatable bonds is 11. The first-order chi connectivity index (χ1) is 12.7. The minimum atomic E-state index is -3.49. The van der Waals surface area contributed by atoms with Gasteiger partial charge in [-0.3, -0.25) is 9.59 Å². The summed E-state index contributed by atoms with van der Waals surface area (Å²) >= 11 is 0. The summed E-state index contributed by atoms with van der Waals surface area (Å²) in [6.07, 6.45) is 4.02. The fourth-order valence-electron chi connectivity index (χ4n) is 2.50. The zero-order valence-electron chi connectivity index (χ0n) is 16.6. The lowest BCUT2D eigenvalue weighted by molar-refractivity contribution is -0.140. The van der Waals surface area contributed by atoms with Crippen molar-refractivity contribution in [3.05, 3.63) is 35.9 Å². The Morgan fingerprint density at radius 3 is 2.33 bits per heavy atom. The molecule has 0 aliphatic rings. The molecule has 1 aromatic carbocycles. The van der Waals surface area contributed by atoms with E-state index in [0.29, 0.717) is 6.54 Å². The van der Waals surface area contributed by atoms with Crippen LogP contribution in [0.25, 0.3) is 0 Å². The van der Waals surface area contributed by atoms with Gasteiger partial charge in [-0.2, -0.15) is 4.31 Å². The van der Waals surface area contributed by atoms with Gasteiger partial charge in [0.05, 0.1) is 12.8 Å². The van der Waals surface area contributed by atoms with Gasteiger partial charge < -0.3 is 10.2 Å². The van der Waals surface area contributed by atoms with Gasteiger partial charge in [0.15, 0.2) is 0 Å². The quantitative estimate of drug-likeness (QED) is 0.575. The minimum Gasteiger partial charge on any atom is -0.354 e. The van der Waals surface area contributed by atoms with E-state index in [4.69, 9.17) is 0 Å². The van der Waals surface area contributed by atoms with Crippen LogP contribution in [0.1, 0.15) is 38.7 Å². The first kappa shape index (κ1) is 23.1. The maximum atomic E-state index is 12.8. The second-order valence-corrected chi connectivity index (χ2v) is 8.79. The second kappa shape index (κ2) is 11.0. The fourth-order valence-corrected chi connectivity index (χ4v) is 2.84. The standard InChI is InChI=1S/C19H31N3O4S/c1-5-6-10-13-20-19(24)16(2)22(14-17-11-8-7-9-12-17)18(23)15-21(3)27(4,25)26/h7-9,11-12,16H,5-6,10,13-15H2,1-4H3,(H,20,24)/t16-/m1/s1. The van der Waals surface area contributed by atoms with Crippen molar-refractivity contribution in [1.29, 1.82) is 0 Å². The lowest BCUT2D eigenvalue weighted by atomic mass is 10.1. The molecular formula is C19H31N3O4S. The lowest BCUT2D eigenvalue weighted by Gasteiger charge is -2.30. The number of amides is 2. The Bertz CT molecular complexity index is 707. The number of benzene rings is 1. The third-order valence-corrected chi connectivity index (χ3v) is 5.63. The molecule has 27 heavy (non-hydrogen) atoms. The Labute approximate surface area is 162 Å². The van der Waals surface area contributed by atoms with Crippen LogP contribution in [0.3, 0.4) is 0 Å². The molecule has 152 valence electrons. The highest BCUT2D eigenvalue weighted by molar-refractivity contribution is 7.88. The van der Waals surface area contributed by atoms with E-state index in [1.54, 1.807) is 6.92 Å². The molecule has 2 amide bonds. The Kier molecular flexibility index (Phi) is 9.45. The highest BCUT2D eigenvalue weighted by atomic mass is 32.2. The molecule has 0 saturated carbocycles. The summed E-state index contributed by atoms with van der Waals surface area (Å²) in [4.78, 5) is 26.7. The average molecular weight is 398 g/mol. The molecule has 0 spiro atoms. The van der Waals surface area contributed by atoms with Gasteiger partial charge in [0, 0.05) is 20.1 Å². The molecule has 0 aliphatic carbocycles. The predicted octanol–water partition coefficient (Wildman–Crippen LogP) is 1.60. The number of hydrogen-bond acceptors (Lipinski definition) is 4. The van der Waals surface area contributed by atoms with E-state index in [9.17, 15) is 18.0 Å². The van der Waals surface area contributed by atoms with E-state index in [2.05, 4.69) is 12.2 Å². The monoisotopic (exact) mass is 397 g/mol. The summed E-state index contributed by atoms with van der Waals surface area (Å²) in [6.45, 7) is 4.24. The normalized spacial score (nSPS) is 12.6. The molecule has 0 fully saturated rings. The van der Waals surface area contributed by atoms with Crippen LogP contribution in [0, 0.1) is 0 Å². The molecule has 0 radical (unpaired) electrons. The second-order valence-electron chi connectivity index (χ2n) is 6.70. The molecule has 0 aliphatic heterocycles. The minimum absolute atomic E-state index is 0.237. The van der Waals surface area contributed by atoms with Crippen LogP contribution < -0.4 is 5.32 Å². The van der Waals surface area contributed by atoms with Gasteiger partial charge in [0.25, 0.3) is 0 Å². The summed E-state index contributed by atoms with van der Waals surface area (Å²) in [6, 6.07) is 8.62. The van der Waals surface area contributed by atoms with Crippen LogP contribution >= 0.6 is 0 Å². The summed E-state index contributed by atoms with van der Waals surface area (Å²) in [7, 11) is -2.13. The molecule has 1 atom stereocenters. The highest BCUT2D eigenvalue weighted by Gasteiger charge is 2.28. The van der Waals surface area contributed by atoms with Crippen LogP contribution in [-0.2, 0) is 26.2 Å². The van der Waals surface area contributed by atoms with Gasteiger partial charge in [-0.15, -0.1) is 0 Å². The smallest absolute Gasteiger partial charge is 0.242 e. The topological polar surface area (TPSA) is 86.8 Å². The molecular weight excluding hydrogens is 366 g/mol. The van der Waals surface area contributed by atoms with Crippen molar-refractivity contribution < 1.29 is 18.0 Å². The number of nitrogens with zero attached hydrogens (tertiary/aromatic N) is 2. The molecule has 0 unspecified atom stereocenters. The molecule has 1 rings (SSSR count). The Balaban J connectivity index is 2.89. The van der Waals surface area contributed by atoms with Gasteiger partial charge >= 0.3 is 0 Å². The number of likely N-dealkylation sites (N-methyl/N-ethyl adjacent to an activating group) is 1. The van der Waals surface area contributed by atoms with Crippen LogP contribution in [-0.4, -0.2) is 61.9 Å². The number of unbranched alkanes of at least 4 members (excludes halogenated alkanes) is 2. The van der Waals surface area contributed by atoms with Crippen molar-refractivity contribution in [1.82, 2.24) is 14.5 Å². The Hall–Kier alpha value is -1.93. The fraction of sp³-hybridized carbons (Fsp3) is 0.579. The maximum Gasteiger partial charge on any atom is 0.242 e. The first-order valence-corrected chi connectivity index (χ1v) is 11.0. The molecule has 0 bridgehead atoms. The molecule has 1 N–H and O–H groups in total. The molecule has 0 saturated heterocycles. The molecule has 1 aromatic rings. The van der Waals surface area contributed by atoms with Crippen LogP contribution in [0.4, 0.5) is 0 Å². The van der Waals surface area contributed by atoms with Gasteiger partial charge in [0.1, 0.15) is 6.04 Å². The summed E-state index contributed by atoms with van der Waals surface area (Å²) in [5.74, 6) is -0.652. The summed E-state index contributed by atoms with van der Waals surface area (Å²) < 4.78 is 24.2. The van der Waals surface area contributed by atoms with E-state index in [-0.39, 0.29) is 19.0 Å². The maximum absolute atomic E-state index is 12.8. The van der Waals surface area contributed by atoms with E-state index in [1.165, 1.54) is 11.9 Å². The Morgan fingerprint density at radius 2 is 1.78 bits per heavy atom. The molecule has 0 aromatic heterocycles. The van der Waals surface area contributed by atoms with Crippen molar-refractivity contribution in [3.8, 4) is 0 Å². The van der Waals surface area contributed by atoms with Crippen molar-refractivity contribution in [2.75, 3.05) is 26.4 Å². The van der Waals surface area contributed by atoms with E-state index >= 15 is 0 Å². The number of hydrogen-bond donors (Lipinski definition) is 1. The van der Waals surface area contributed by atoms with E-state index < -0.39 is 22.0 Å². The zero-order valence-corrected chi connectivity index (χ0v) is 17.5. The summed E-state index contributed by atoms with van der Waals surface area (Å²) in [5.41, 5.74) is 0.874. The average Bonchev–Trinajstić information content (AvgIpc) is 2.62. The number of nitrogens with one attached hydrogen (secondary N) is 1. The van der Waals surface area contributed by atoms with Crippen LogP contribution in [0.2, 0.25) is 0 Å². The third kappa shape index (κ3) is 8.09. The number of sulfonamides is 1.